The number of carbonyl (C=O) groups is 1. The van der Waals surface area contributed by atoms with E-state index in [9.17, 15) is 14.4 Å². The number of thiophene rings is 1. The van der Waals surface area contributed by atoms with Gasteiger partial charge in [0.1, 0.15) is 22.4 Å². The van der Waals surface area contributed by atoms with E-state index in [4.69, 9.17) is 18.9 Å². The Bertz CT molecular complexity index is 1690. The summed E-state index contributed by atoms with van der Waals surface area (Å²) in [4.78, 5) is 45.1. The van der Waals surface area contributed by atoms with Crippen molar-refractivity contribution in [2.75, 3.05) is 26.9 Å². The molecule has 0 bridgehead atoms. The zero-order valence-electron chi connectivity index (χ0n) is 22.9. The molecule has 10 nitrogen and oxygen atoms in total. The summed E-state index contributed by atoms with van der Waals surface area (Å²) in [6.45, 7) is 5.01. The van der Waals surface area contributed by atoms with Gasteiger partial charge in [0, 0.05) is 25.0 Å². The van der Waals surface area contributed by atoms with Gasteiger partial charge in [0.05, 0.1) is 41.2 Å². The molecule has 12 heteroatoms. The largest absolute Gasteiger partial charge is 0.496 e. The van der Waals surface area contributed by atoms with E-state index in [1.54, 1.807) is 18.6 Å². The number of fused-ring (bicyclic) bond motifs is 1. The first-order chi connectivity index (χ1) is 19.8. The number of hydrogen-bond donors (Lipinski definition) is 0. The van der Waals surface area contributed by atoms with Crippen LogP contribution in [0.3, 0.4) is 0 Å². The molecule has 0 N–H and O–H groups in total. The van der Waals surface area contributed by atoms with Crippen molar-refractivity contribution < 1.29 is 23.7 Å². The first kappa shape index (κ1) is 29.2. The van der Waals surface area contributed by atoms with Crippen LogP contribution in [0.1, 0.15) is 47.5 Å². The Labute approximate surface area is 248 Å². The third kappa shape index (κ3) is 5.87. The number of methoxy groups -OCH3 is 1. The standard InChI is InChI=1S/C29H30BrN3O7S/c1-4-39-28(35)21-15-18(9-12-31-21)33-26(34)24-17(2)25(30)41-27(24)32(29(33)36)16-23(40-19-10-13-38-14-11-19)20-7-5-6-8-22(20)37-3/h5-9,12,15,19,23H,4,10-11,13-14,16H2,1-3H3/t23-/m0/s1. The number of rotatable bonds is 9. The summed E-state index contributed by atoms with van der Waals surface area (Å²) in [6, 6.07) is 10.5. The number of benzene rings is 1. The lowest BCUT2D eigenvalue weighted by Crippen LogP contribution is -2.40. The quantitative estimate of drug-likeness (QED) is 0.239. The second-order valence-electron chi connectivity index (χ2n) is 9.51. The van der Waals surface area contributed by atoms with Crippen LogP contribution in [0.4, 0.5) is 0 Å². The number of carbonyl (C=O) groups excluding carboxylic acids is 1. The van der Waals surface area contributed by atoms with Crippen molar-refractivity contribution in [1.29, 1.82) is 0 Å². The number of para-hydroxylation sites is 1. The van der Waals surface area contributed by atoms with Crippen LogP contribution in [0, 0.1) is 6.92 Å². The fourth-order valence-electron chi connectivity index (χ4n) is 4.94. The zero-order valence-corrected chi connectivity index (χ0v) is 25.3. The molecule has 4 aromatic rings. The number of aromatic nitrogens is 3. The highest BCUT2D eigenvalue weighted by Gasteiger charge is 2.27. The molecular weight excluding hydrogens is 614 g/mol. The van der Waals surface area contributed by atoms with E-state index in [1.807, 2.05) is 31.2 Å². The van der Waals surface area contributed by atoms with E-state index in [0.717, 1.165) is 32.3 Å². The van der Waals surface area contributed by atoms with Gasteiger partial charge in [-0.15, -0.1) is 11.3 Å². The van der Waals surface area contributed by atoms with Crippen molar-refractivity contribution in [3.8, 4) is 11.4 Å². The minimum atomic E-state index is -0.639. The molecule has 41 heavy (non-hydrogen) atoms. The maximum absolute atomic E-state index is 14.2. The molecule has 0 spiro atoms. The Balaban J connectivity index is 1.69. The molecular formula is C29H30BrN3O7S. The van der Waals surface area contributed by atoms with Gasteiger partial charge in [-0.05, 0) is 66.4 Å². The number of nitrogens with zero attached hydrogens (tertiary/aromatic N) is 3. The third-order valence-corrected chi connectivity index (χ3v) is 9.18. The van der Waals surface area contributed by atoms with Crippen molar-refractivity contribution in [2.45, 2.75) is 45.4 Å². The van der Waals surface area contributed by atoms with Gasteiger partial charge in [-0.2, -0.15) is 0 Å². The van der Waals surface area contributed by atoms with Crippen molar-refractivity contribution in [3.05, 3.63) is 84.0 Å². The normalized spacial score (nSPS) is 14.7. The van der Waals surface area contributed by atoms with Crippen molar-refractivity contribution in [3.63, 3.8) is 0 Å². The molecule has 0 amide bonds. The molecule has 3 aromatic heterocycles. The topological polar surface area (TPSA) is 111 Å². The average molecular weight is 645 g/mol. The molecule has 1 saturated heterocycles. The number of hydrogen-bond acceptors (Lipinski definition) is 9. The molecule has 0 aliphatic carbocycles. The Morgan fingerprint density at radius 2 is 1.98 bits per heavy atom. The van der Waals surface area contributed by atoms with Gasteiger partial charge >= 0.3 is 11.7 Å². The second-order valence-corrected chi connectivity index (χ2v) is 11.8. The number of halogens is 1. The summed E-state index contributed by atoms with van der Waals surface area (Å²) in [7, 11) is 1.60. The average Bonchev–Trinajstić information content (AvgIpc) is 3.29. The Morgan fingerprint density at radius 1 is 1.22 bits per heavy atom. The van der Waals surface area contributed by atoms with Crippen molar-refractivity contribution in [1.82, 2.24) is 14.1 Å². The van der Waals surface area contributed by atoms with E-state index < -0.39 is 23.3 Å². The van der Waals surface area contributed by atoms with Gasteiger partial charge in [-0.25, -0.2) is 19.1 Å². The smallest absolute Gasteiger partial charge is 0.356 e. The maximum atomic E-state index is 14.2. The highest BCUT2D eigenvalue weighted by Crippen LogP contribution is 2.35. The summed E-state index contributed by atoms with van der Waals surface area (Å²) >= 11 is 4.88. The van der Waals surface area contributed by atoms with Gasteiger partial charge in [0.15, 0.2) is 0 Å². The fraction of sp³-hybridized carbons (Fsp3) is 0.379. The third-order valence-electron chi connectivity index (χ3n) is 7.00. The van der Waals surface area contributed by atoms with Crippen LogP contribution in [0.25, 0.3) is 15.9 Å². The van der Waals surface area contributed by atoms with E-state index in [1.165, 1.54) is 29.7 Å². The molecule has 1 atom stereocenters. The van der Waals surface area contributed by atoms with Gasteiger partial charge in [-0.1, -0.05) is 18.2 Å². The van der Waals surface area contributed by atoms with Gasteiger partial charge < -0.3 is 18.9 Å². The van der Waals surface area contributed by atoms with E-state index in [2.05, 4.69) is 20.9 Å². The van der Waals surface area contributed by atoms with Gasteiger partial charge in [-0.3, -0.25) is 9.36 Å². The molecule has 5 rings (SSSR count). The number of ether oxygens (including phenoxy) is 4. The first-order valence-electron chi connectivity index (χ1n) is 13.3. The highest BCUT2D eigenvalue weighted by molar-refractivity contribution is 9.11. The van der Waals surface area contributed by atoms with Crippen LogP contribution in [0.15, 0.2) is 56.0 Å². The van der Waals surface area contributed by atoms with Crippen LogP contribution in [-0.4, -0.2) is 53.1 Å². The SMILES string of the molecule is CCOC(=O)c1cc(-n2c(=O)c3c(C)c(Br)sc3n(C[C@H](OC3CCOCC3)c3ccccc3OC)c2=O)ccn1. The van der Waals surface area contributed by atoms with Crippen molar-refractivity contribution in [2.24, 2.45) is 0 Å². The summed E-state index contributed by atoms with van der Waals surface area (Å²) in [5.41, 5.74) is 0.681. The molecule has 4 heterocycles. The predicted molar refractivity (Wildman–Crippen MR) is 159 cm³/mol. The zero-order chi connectivity index (χ0) is 29.1. The highest BCUT2D eigenvalue weighted by atomic mass is 79.9. The fourth-order valence-corrected chi connectivity index (χ4v) is 6.63. The minimum Gasteiger partial charge on any atom is -0.496 e. The first-order valence-corrected chi connectivity index (χ1v) is 14.9. The molecule has 0 saturated carbocycles. The van der Waals surface area contributed by atoms with Crippen LogP contribution in [-0.2, 0) is 20.8 Å². The lowest BCUT2D eigenvalue weighted by atomic mass is 10.1. The predicted octanol–water partition coefficient (Wildman–Crippen LogP) is 4.80. The molecule has 0 radical (unpaired) electrons. The molecule has 216 valence electrons. The van der Waals surface area contributed by atoms with Crippen LogP contribution in [0.5, 0.6) is 5.75 Å². The van der Waals surface area contributed by atoms with E-state index in [-0.39, 0.29) is 30.6 Å². The maximum Gasteiger partial charge on any atom is 0.356 e. The summed E-state index contributed by atoms with van der Waals surface area (Å²) in [5, 5.41) is 0.404. The van der Waals surface area contributed by atoms with Crippen LogP contribution < -0.4 is 16.0 Å². The van der Waals surface area contributed by atoms with Gasteiger partial charge in [0.2, 0.25) is 0 Å². The summed E-state index contributed by atoms with van der Waals surface area (Å²) in [5.74, 6) is -0.00159. The van der Waals surface area contributed by atoms with E-state index in [0.29, 0.717) is 29.2 Å². The van der Waals surface area contributed by atoms with Crippen LogP contribution >= 0.6 is 27.3 Å². The molecule has 1 aliphatic heterocycles. The molecule has 1 aliphatic rings. The number of esters is 1. The monoisotopic (exact) mass is 643 g/mol. The van der Waals surface area contributed by atoms with Crippen molar-refractivity contribution >= 4 is 43.5 Å². The second kappa shape index (κ2) is 12.7. The Hall–Kier alpha value is -3.32. The van der Waals surface area contributed by atoms with E-state index >= 15 is 0 Å². The Morgan fingerprint density at radius 3 is 2.71 bits per heavy atom. The number of aryl methyl sites for hydroxylation is 1. The molecule has 0 unspecified atom stereocenters. The van der Waals surface area contributed by atoms with Gasteiger partial charge in [0.25, 0.3) is 5.56 Å². The number of pyridine rings is 1. The summed E-state index contributed by atoms with van der Waals surface area (Å²) in [6.07, 6.45) is 2.21. The minimum absolute atomic E-state index is 0.000247. The van der Waals surface area contributed by atoms with Crippen LogP contribution in [0.2, 0.25) is 0 Å². The lowest BCUT2D eigenvalue weighted by Gasteiger charge is -2.29. The Kier molecular flexibility index (Phi) is 9.03. The lowest BCUT2D eigenvalue weighted by molar-refractivity contribution is -0.0752. The summed E-state index contributed by atoms with van der Waals surface area (Å²) < 4.78 is 26.3. The molecule has 1 aromatic carbocycles. The molecule has 1 fully saturated rings.